The number of aromatic nitrogens is 2. The Morgan fingerprint density at radius 2 is 1.84 bits per heavy atom. The van der Waals surface area contributed by atoms with E-state index in [1.54, 1.807) is 12.4 Å². The number of aryl methyl sites for hydroxylation is 2. The van der Waals surface area contributed by atoms with E-state index < -0.39 is 0 Å². The van der Waals surface area contributed by atoms with Crippen LogP contribution in [0.2, 0.25) is 0 Å². The van der Waals surface area contributed by atoms with Crippen molar-refractivity contribution in [3.05, 3.63) is 83.0 Å². The summed E-state index contributed by atoms with van der Waals surface area (Å²) in [7, 11) is 3.94. The van der Waals surface area contributed by atoms with Gasteiger partial charge in [0.15, 0.2) is 5.13 Å². The molecule has 0 saturated carbocycles. The molecule has 0 aliphatic rings. The number of pyridine rings is 1. The summed E-state index contributed by atoms with van der Waals surface area (Å²) in [5.41, 5.74) is 7.31. The van der Waals surface area contributed by atoms with Crippen molar-refractivity contribution in [2.75, 3.05) is 29.6 Å². The number of thiazole rings is 1. The van der Waals surface area contributed by atoms with Crippen LogP contribution in [0.3, 0.4) is 0 Å². The first-order valence-electron chi connectivity index (χ1n) is 10.2. The van der Waals surface area contributed by atoms with E-state index in [1.165, 1.54) is 11.3 Å². The van der Waals surface area contributed by atoms with Crippen molar-refractivity contribution in [1.29, 1.82) is 0 Å². The average molecular weight is 444 g/mol. The van der Waals surface area contributed by atoms with E-state index in [2.05, 4.69) is 20.6 Å². The lowest BCUT2D eigenvalue weighted by Gasteiger charge is -2.17. The van der Waals surface area contributed by atoms with Crippen LogP contribution in [0.1, 0.15) is 21.5 Å². The van der Waals surface area contributed by atoms with Gasteiger partial charge in [-0.15, -0.1) is 11.3 Å². The molecule has 7 heteroatoms. The molecule has 0 spiro atoms. The van der Waals surface area contributed by atoms with Crippen molar-refractivity contribution in [3.63, 3.8) is 0 Å². The first kappa shape index (κ1) is 21.5. The molecular weight excluding hydrogens is 418 g/mol. The van der Waals surface area contributed by atoms with Crippen molar-refractivity contribution in [3.8, 4) is 11.3 Å². The van der Waals surface area contributed by atoms with Gasteiger partial charge in [-0.1, -0.05) is 12.1 Å². The molecule has 4 rings (SSSR count). The normalized spacial score (nSPS) is 10.6. The SMILES string of the molecule is Cc1ccc(NC(=O)c2ccc(C)c(N(C)C)c2)cc1Nc1nc(-c2cccnc2)cs1. The summed E-state index contributed by atoms with van der Waals surface area (Å²) in [6, 6.07) is 15.4. The Kier molecular flexibility index (Phi) is 6.18. The van der Waals surface area contributed by atoms with Crippen molar-refractivity contribution in [2.45, 2.75) is 13.8 Å². The summed E-state index contributed by atoms with van der Waals surface area (Å²) in [6.45, 7) is 4.06. The van der Waals surface area contributed by atoms with Gasteiger partial charge < -0.3 is 15.5 Å². The maximum absolute atomic E-state index is 12.8. The van der Waals surface area contributed by atoms with Crippen molar-refractivity contribution < 1.29 is 4.79 Å². The molecule has 2 aromatic carbocycles. The minimum atomic E-state index is -0.143. The molecule has 0 radical (unpaired) electrons. The molecule has 32 heavy (non-hydrogen) atoms. The molecule has 0 atom stereocenters. The maximum Gasteiger partial charge on any atom is 0.255 e. The van der Waals surface area contributed by atoms with Gasteiger partial charge >= 0.3 is 0 Å². The maximum atomic E-state index is 12.8. The van der Waals surface area contributed by atoms with Crippen molar-refractivity contribution in [2.24, 2.45) is 0 Å². The summed E-state index contributed by atoms with van der Waals surface area (Å²) in [4.78, 5) is 23.7. The third-order valence-electron chi connectivity index (χ3n) is 5.15. The number of hydrogen-bond donors (Lipinski definition) is 2. The molecule has 0 aliphatic heterocycles. The molecular formula is C25H25N5OS. The van der Waals surface area contributed by atoms with Gasteiger partial charge in [-0.2, -0.15) is 0 Å². The Morgan fingerprint density at radius 1 is 1.03 bits per heavy atom. The Morgan fingerprint density at radius 3 is 2.59 bits per heavy atom. The predicted molar refractivity (Wildman–Crippen MR) is 133 cm³/mol. The van der Waals surface area contributed by atoms with Gasteiger partial charge in [0.1, 0.15) is 0 Å². The largest absolute Gasteiger partial charge is 0.377 e. The monoisotopic (exact) mass is 443 g/mol. The van der Waals surface area contributed by atoms with Crippen LogP contribution in [0.15, 0.2) is 66.3 Å². The Hall–Kier alpha value is -3.71. The van der Waals surface area contributed by atoms with Crippen molar-refractivity contribution >= 4 is 39.4 Å². The second kappa shape index (κ2) is 9.20. The first-order chi connectivity index (χ1) is 15.4. The van der Waals surface area contributed by atoms with Gasteiger partial charge in [-0.05, 0) is 61.4 Å². The van der Waals surface area contributed by atoms with Crippen LogP contribution in [0.25, 0.3) is 11.3 Å². The Bertz CT molecular complexity index is 1250. The zero-order chi connectivity index (χ0) is 22.7. The van der Waals surface area contributed by atoms with Crippen LogP contribution >= 0.6 is 11.3 Å². The molecule has 0 bridgehead atoms. The summed E-state index contributed by atoms with van der Waals surface area (Å²) in [6.07, 6.45) is 3.54. The number of hydrogen-bond acceptors (Lipinski definition) is 6. The standard InChI is InChI=1S/C25H25N5OS/c1-16-8-10-20(27-24(31)18-9-7-17(2)23(12-18)30(3)4)13-21(16)28-25-29-22(15-32-25)19-6-5-11-26-14-19/h5-15H,1-4H3,(H,27,31)(H,28,29). The molecule has 4 aromatic rings. The van der Waals surface area contributed by atoms with Crippen LogP contribution in [0.4, 0.5) is 22.2 Å². The number of nitrogens with zero attached hydrogens (tertiary/aromatic N) is 3. The fourth-order valence-corrected chi connectivity index (χ4v) is 4.10. The van der Waals surface area contributed by atoms with E-state index >= 15 is 0 Å². The van der Waals surface area contributed by atoms with Crippen LogP contribution in [0, 0.1) is 13.8 Å². The molecule has 0 saturated heterocycles. The molecule has 162 valence electrons. The second-order valence-corrected chi connectivity index (χ2v) is 8.64. The van der Waals surface area contributed by atoms with Crippen LogP contribution < -0.4 is 15.5 Å². The highest BCUT2D eigenvalue weighted by molar-refractivity contribution is 7.14. The summed E-state index contributed by atoms with van der Waals surface area (Å²) >= 11 is 1.53. The smallest absolute Gasteiger partial charge is 0.255 e. The van der Waals surface area contributed by atoms with Gasteiger partial charge in [-0.25, -0.2) is 4.98 Å². The van der Waals surface area contributed by atoms with E-state index in [0.717, 1.165) is 44.6 Å². The number of carbonyl (C=O) groups is 1. The minimum absolute atomic E-state index is 0.143. The third kappa shape index (κ3) is 4.78. The molecule has 0 aliphatic carbocycles. The van der Waals surface area contributed by atoms with Gasteiger partial charge in [-0.3, -0.25) is 9.78 Å². The highest BCUT2D eigenvalue weighted by atomic mass is 32.1. The number of rotatable bonds is 6. The Labute approximate surface area is 192 Å². The van der Waals surface area contributed by atoms with E-state index in [9.17, 15) is 4.79 Å². The van der Waals surface area contributed by atoms with E-state index in [4.69, 9.17) is 0 Å². The van der Waals surface area contributed by atoms with E-state index in [1.807, 2.05) is 86.8 Å². The number of carbonyl (C=O) groups excluding carboxylic acids is 1. The lowest BCUT2D eigenvalue weighted by Crippen LogP contribution is -2.15. The van der Waals surface area contributed by atoms with Crippen LogP contribution in [-0.4, -0.2) is 30.0 Å². The van der Waals surface area contributed by atoms with Crippen molar-refractivity contribution in [1.82, 2.24) is 9.97 Å². The predicted octanol–water partition coefficient (Wildman–Crippen LogP) is 5.88. The zero-order valence-corrected chi connectivity index (χ0v) is 19.3. The van der Waals surface area contributed by atoms with Gasteiger partial charge in [0, 0.05) is 60.1 Å². The molecule has 2 heterocycles. The second-order valence-electron chi connectivity index (χ2n) is 7.78. The summed E-state index contributed by atoms with van der Waals surface area (Å²) in [5.74, 6) is -0.143. The quantitative estimate of drug-likeness (QED) is 0.389. The molecule has 1 amide bonds. The summed E-state index contributed by atoms with van der Waals surface area (Å²) < 4.78 is 0. The van der Waals surface area contributed by atoms with Gasteiger partial charge in [0.25, 0.3) is 5.91 Å². The first-order valence-corrected chi connectivity index (χ1v) is 11.1. The van der Waals surface area contributed by atoms with Gasteiger partial charge in [0.05, 0.1) is 5.69 Å². The Balaban J connectivity index is 1.51. The van der Waals surface area contributed by atoms with Crippen LogP contribution in [0.5, 0.6) is 0 Å². The fraction of sp³-hybridized carbons (Fsp3) is 0.160. The lowest BCUT2D eigenvalue weighted by molar-refractivity contribution is 0.102. The molecule has 0 unspecified atom stereocenters. The van der Waals surface area contributed by atoms with Crippen LogP contribution in [-0.2, 0) is 0 Å². The zero-order valence-electron chi connectivity index (χ0n) is 18.5. The van der Waals surface area contributed by atoms with Gasteiger partial charge in [0.2, 0.25) is 0 Å². The highest BCUT2D eigenvalue weighted by Crippen LogP contribution is 2.29. The topological polar surface area (TPSA) is 70.2 Å². The lowest BCUT2D eigenvalue weighted by atomic mass is 10.1. The van der Waals surface area contributed by atoms with E-state index in [-0.39, 0.29) is 5.91 Å². The number of nitrogens with one attached hydrogen (secondary N) is 2. The molecule has 0 fully saturated rings. The third-order valence-corrected chi connectivity index (χ3v) is 5.91. The highest BCUT2D eigenvalue weighted by Gasteiger charge is 2.12. The number of benzene rings is 2. The molecule has 2 N–H and O–H groups in total. The van der Waals surface area contributed by atoms with E-state index in [0.29, 0.717) is 5.56 Å². The number of amides is 1. The summed E-state index contributed by atoms with van der Waals surface area (Å²) in [5, 5.41) is 9.16. The number of anilines is 4. The molecule has 2 aromatic heterocycles. The average Bonchev–Trinajstić information content (AvgIpc) is 3.25. The minimum Gasteiger partial charge on any atom is -0.377 e. The fourth-order valence-electron chi connectivity index (χ4n) is 3.36. The molecule has 6 nitrogen and oxygen atoms in total.